The second-order valence-electron chi connectivity index (χ2n) is 9.10. The predicted molar refractivity (Wildman–Crippen MR) is 90.8 cm³/mol. The number of hydrogen-bond acceptors (Lipinski definition) is 3. The molecule has 0 saturated heterocycles. The molecule has 0 aliphatic heterocycles. The van der Waals surface area contributed by atoms with Gasteiger partial charge in [-0.3, -0.25) is 4.79 Å². The Kier molecular flexibility index (Phi) is 5.66. The van der Waals surface area contributed by atoms with Gasteiger partial charge in [-0.2, -0.15) is 0 Å². The molecule has 0 aromatic rings. The molecule has 3 fully saturated rings. The van der Waals surface area contributed by atoms with E-state index in [1.54, 1.807) is 0 Å². The average molecular weight is 409 g/mol. The fourth-order valence-electron chi connectivity index (χ4n) is 6.37. The van der Waals surface area contributed by atoms with Gasteiger partial charge in [-0.15, -0.1) is 6.58 Å². The Bertz CT molecular complexity index is 535. The monoisotopic (exact) mass is 409 g/mol. The standard InChI is InChI=1S/C20H32O3.Y/c1-6-18(4)11-15(22)19(5)12(2)7-9-20(13(3)17(18)23)10-8-14(21)16(19)20;/h6,12-13,15-17,22-23H,1,7-11H2,2-5H3;/t12?,13-,15+,16?,17-,18+,19-,20-;/m0./s1. The maximum absolute atomic E-state index is 12.8. The number of aliphatic hydroxyl groups excluding tert-OH is 2. The van der Waals surface area contributed by atoms with Gasteiger partial charge in [0.25, 0.3) is 0 Å². The first-order chi connectivity index (χ1) is 10.6. The zero-order chi connectivity index (χ0) is 17.2. The molecule has 2 unspecified atom stereocenters. The van der Waals surface area contributed by atoms with Crippen molar-refractivity contribution in [2.24, 2.45) is 34.0 Å². The van der Waals surface area contributed by atoms with E-state index >= 15 is 0 Å². The van der Waals surface area contributed by atoms with Gasteiger partial charge in [0.2, 0.25) is 0 Å². The van der Waals surface area contributed by atoms with Gasteiger partial charge >= 0.3 is 0 Å². The molecule has 2 bridgehead atoms. The van der Waals surface area contributed by atoms with E-state index in [9.17, 15) is 15.0 Å². The van der Waals surface area contributed by atoms with E-state index in [2.05, 4.69) is 27.4 Å². The van der Waals surface area contributed by atoms with Crippen LogP contribution in [0.15, 0.2) is 12.7 Å². The molecule has 0 aromatic carbocycles. The second kappa shape index (κ2) is 6.55. The fourth-order valence-corrected chi connectivity index (χ4v) is 6.37. The number of aliphatic hydroxyl groups is 2. The van der Waals surface area contributed by atoms with Crippen LogP contribution in [-0.2, 0) is 37.5 Å². The largest absolute Gasteiger partial charge is 0.392 e. The van der Waals surface area contributed by atoms with Crippen LogP contribution in [0.4, 0.5) is 0 Å². The second-order valence-corrected chi connectivity index (χ2v) is 9.10. The van der Waals surface area contributed by atoms with Gasteiger partial charge in [-0.1, -0.05) is 33.8 Å². The van der Waals surface area contributed by atoms with Crippen molar-refractivity contribution < 1.29 is 47.7 Å². The first kappa shape index (κ1) is 20.7. The summed E-state index contributed by atoms with van der Waals surface area (Å²) in [7, 11) is 0. The molecule has 3 saturated carbocycles. The normalized spacial score (nSPS) is 54.2. The van der Waals surface area contributed by atoms with Crippen molar-refractivity contribution in [2.75, 3.05) is 0 Å². The summed E-state index contributed by atoms with van der Waals surface area (Å²) in [5, 5.41) is 22.3. The molecule has 0 heterocycles. The molecule has 3 nitrogen and oxygen atoms in total. The SMILES string of the molecule is C=C[C@]1(C)C[C@@H](O)[C@]2(C)C(C)CC[C@]3(CCC(=O)C32)[C@@H](C)[C@@H]1O.[Y]. The summed E-state index contributed by atoms with van der Waals surface area (Å²) in [6.45, 7) is 12.4. The number of Topliss-reactive ketones (excluding diaryl/α,β-unsaturated/α-hetero) is 1. The Morgan fingerprint density at radius 3 is 2.42 bits per heavy atom. The van der Waals surface area contributed by atoms with E-state index < -0.39 is 23.0 Å². The Hall–Kier alpha value is 0.434. The molecule has 1 radical (unpaired) electrons. The topological polar surface area (TPSA) is 57.5 Å². The van der Waals surface area contributed by atoms with Gasteiger partial charge in [0.15, 0.2) is 0 Å². The van der Waals surface area contributed by atoms with Gasteiger partial charge in [0.1, 0.15) is 5.78 Å². The van der Waals surface area contributed by atoms with E-state index in [4.69, 9.17) is 0 Å². The third kappa shape index (κ3) is 2.48. The summed E-state index contributed by atoms with van der Waals surface area (Å²) in [5.74, 6) is 0.544. The molecule has 24 heavy (non-hydrogen) atoms. The van der Waals surface area contributed by atoms with Crippen LogP contribution in [0.25, 0.3) is 0 Å². The number of carbonyl (C=O) groups is 1. The Morgan fingerprint density at radius 2 is 1.83 bits per heavy atom. The summed E-state index contributed by atoms with van der Waals surface area (Å²) in [6.07, 6.45) is 4.60. The van der Waals surface area contributed by atoms with Crippen molar-refractivity contribution in [3.63, 3.8) is 0 Å². The van der Waals surface area contributed by atoms with Gasteiger partial charge < -0.3 is 10.2 Å². The number of hydrogen-bond donors (Lipinski definition) is 2. The molecule has 8 atom stereocenters. The maximum Gasteiger partial charge on any atom is 0.137 e. The van der Waals surface area contributed by atoms with Crippen molar-refractivity contribution in [2.45, 2.75) is 72.0 Å². The molecule has 2 N–H and O–H groups in total. The Morgan fingerprint density at radius 1 is 1.21 bits per heavy atom. The van der Waals surface area contributed by atoms with E-state index in [1.807, 2.05) is 13.0 Å². The summed E-state index contributed by atoms with van der Waals surface area (Å²) in [4.78, 5) is 12.8. The molecule has 3 rings (SSSR count). The molecule has 0 aromatic heterocycles. The minimum Gasteiger partial charge on any atom is -0.392 e. The van der Waals surface area contributed by atoms with Crippen LogP contribution >= 0.6 is 0 Å². The zero-order valence-corrected chi connectivity index (χ0v) is 18.4. The molecule has 0 spiro atoms. The van der Waals surface area contributed by atoms with E-state index in [-0.39, 0.29) is 50.0 Å². The number of carbonyl (C=O) groups excluding carboxylic acids is 1. The average Bonchev–Trinajstić information content (AvgIpc) is 2.87. The molecular weight excluding hydrogens is 377 g/mol. The van der Waals surface area contributed by atoms with E-state index in [0.29, 0.717) is 24.5 Å². The number of ketones is 1. The molecule has 133 valence electrons. The molecule has 0 amide bonds. The summed E-state index contributed by atoms with van der Waals surface area (Å²) in [6, 6.07) is 0. The van der Waals surface area contributed by atoms with Crippen LogP contribution < -0.4 is 0 Å². The van der Waals surface area contributed by atoms with Crippen LogP contribution in [0, 0.1) is 34.0 Å². The van der Waals surface area contributed by atoms with Gasteiger partial charge in [-0.05, 0) is 42.9 Å². The smallest absolute Gasteiger partial charge is 0.137 e. The van der Waals surface area contributed by atoms with Gasteiger partial charge in [0, 0.05) is 55.9 Å². The first-order valence-corrected chi connectivity index (χ1v) is 9.16. The summed E-state index contributed by atoms with van der Waals surface area (Å²) >= 11 is 0. The van der Waals surface area contributed by atoms with E-state index in [0.717, 1.165) is 19.3 Å². The zero-order valence-electron chi connectivity index (χ0n) is 15.6. The van der Waals surface area contributed by atoms with Crippen LogP contribution in [-0.4, -0.2) is 28.2 Å². The minimum atomic E-state index is -0.589. The van der Waals surface area contributed by atoms with Gasteiger partial charge in [-0.25, -0.2) is 0 Å². The maximum atomic E-state index is 12.8. The Balaban J connectivity index is 0.00000208. The van der Waals surface area contributed by atoms with Crippen molar-refractivity contribution >= 4 is 5.78 Å². The van der Waals surface area contributed by atoms with Crippen molar-refractivity contribution in [3.05, 3.63) is 12.7 Å². The molecule has 4 heteroatoms. The third-order valence-corrected chi connectivity index (χ3v) is 8.33. The quantitative estimate of drug-likeness (QED) is 0.654. The predicted octanol–water partition coefficient (Wildman–Crippen LogP) is 3.34. The van der Waals surface area contributed by atoms with Crippen molar-refractivity contribution in [3.8, 4) is 0 Å². The first-order valence-electron chi connectivity index (χ1n) is 9.16. The van der Waals surface area contributed by atoms with Crippen LogP contribution in [0.5, 0.6) is 0 Å². The van der Waals surface area contributed by atoms with E-state index in [1.165, 1.54) is 0 Å². The third-order valence-electron chi connectivity index (χ3n) is 8.33. The Labute approximate surface area is 171 Å². The molecule has 3 aliphatic carbocycles. The molecular formula is C20H32O3Y. The summed E-state index contributed by atoms with van der Waals surface area (Å²) < 4.78 is 0. The van der Waals surface area contributed by atoms with Crippen LogP contribution in [0.2, 0.25) is 0 Å². The van der Waals surface area contributed by atoms with Crippen molar-refractivity contribution in [1.82, 2.24) is 0 Å². The van der Waals surface area contributed by atoms with Crippen LogP contribution in [0.3, 0.4) is 0 Å². The van der Waals surface area contributed by atoms with Crippen molar-refractivity contribution in [1.29, 1.82) is 0 Å². The number of rotatable bonds is 1. The molecule has 3 aliphatic rings. The fraction of sp³-hybridized carbons (Fsp3) is 0.850. The van der Waals surface area contributed by atoms with Gasteiger partial charge in [0.05, 0.1) is 12.2 Å². The van der Waals surface area contributed by atoms with Crippen LogP contribution in [0.1, 0.15) is 59.8 Å². The minimum absolute atomic E-state index is 0. The summed E-state index contributed by atoms with van der Waals surface area (Å²) in [5.41, 5.74) is -1.07.